The van der Waals surface area contributed by atoms with Gasteiger partial charge in [-0.2, -0.15) is 0 Å². The van der Waals surface area contributed by atoms with Crippen LogP contribution >= 0.6 is 0 Å². The second-order valence-corrected chi connectivity index (χ2v) is 7.85. The fraction of sp³-hybridized carbons (Fsp3) is 0.619. The summed E-state index contributed by atoms with van der Waals surface area (Å²) in [4.78, 5) is 25.1. The second kappa shape index (κ2) is 7.89. The van der Waals surface area contributed by atoms with Crippen LogP contribution in [0.25, 0.3) is 0 Å². The summed E-state index contributed by atoms with van der Waals surface area (Å²) in [5.74, 6) is -0.153. The lowest BCUT2D eigenvalue weighted by Gasteiger charge is -2.35. The van der Waals surface area contributed by atoms with Gasteiger partial charge in [-0.25, -0.2) is 0 Å². The van der Waals surface area contributed by atoms with Gasteiger partial charge in [0.25, 0.3) is 0 Å². The first kappa shape index (κ1) is 19.7. The van der Waals surface area contributed by atoms with Crippen LogP contribution in [0, 0.1) is 12.3 Å². The first-order chi connectivity index (χ1) is 12.9. The largest absolute Gasteiger partial charge is 0.496 e. The molecule has 2 fully saturated rings. The Morgan fingerprint density at radius 2 is 1.85 bits per heavy atom. The summed E-state index contributed by atoms with van der Waals surface area (Å²) >= 11 is 0. The molecule has 0 radical (unpaired) electrons. The Kier molecular flexibility index (Phi) is 5.75. The summed E-state index contributed by atoms with van der Waals surface area (Å²) in [6, 6.07) is 5.95. The molecule has 2 aliphatic rings. The number of carbonyl (C=O) groups excluding carboxylic acids is 1. The van der Waals surface area contributed by atoms with Gasteiger partial charge in [0.2, 0.25) is 5.91 Å². The fourth-order valence-corrected chi connectivity index (χ4v) is 4.39. The Morgan fingerprint density at radius 3 is 2.44 bits per heavy atom. The Labute approximate surface area is 160 Å². The topological polar surface area (TPSA) is 84.9 Å². The minimum atomic E-state index is -0.932. The molecule has 3 rings (SSSR count). The van der Waals surface area contributed by atoms with Crippen LogP contribution in [0.2, 0.25) is 0 Å². The van der Waals surface area contributed by atoms with Crippen LogP contribution in [0.1, 0.15) is 49.7 Å². The lowest BCUT2D eigenvalue weighted by Crippen LogP contribution is -2.50. The fourth-order valence-electron chi connectivity index (χ4n) is 4.39. The van der Waals surface area contributed by atoms with E-state index in [1.807, 2.05) is 25.1 Å². The zero-order chi connectivity index (χ0) is 19.5. The number of carboxylic acid groups (broad SMARTS) is 1. The normalized spacial score (nSPS) is 20.8. The highest BCUT2D eigenvalue weighted by atomic mass is 16.5. The van der Waals surface area contributed by atoms with Crippen molar-refractivity contribution >= 4 is 11.9 Å². The first-order valence-corrected chi connectivity index (χ1v) is 9.68. The van der Waals surface area contributed by atoms with Gasteiger partial charge >= 0.3 is 5.97 Å². The van der Waals surface area contributed by atoms with Gasteiger partial charge in [-0.1, -0.05) is 25.0 Å². The Bertz CT molecular complexity index is 703. The van der Waals surface area contributed by atoms with Gasteiger partial charge in [-0.3, -0.25) is 9.59 Å². The number of aliphatic carboxylic acids is 1. The highest BCUT2D eigenvalue weighted by molar-refractivity contribution is 5.89. The lowest BCUT2D eigenvalue weighted by atomic mass is 9.76. The van der Waals surface area contributed by atoms with Gasteiger partial charge in [-0.05, 0) is 49.8 Å². The van der Waals surface area contributed by atoms with E-state index in [4.69, 9.17) is 9.47 Å². The number of carbonyl (C=O) groups is 2. The standard InChI is InChI=1S/C21H29NO5/c1-15-5-6-16(13-17(15)26-2)21(7-3-4-8-21)18(23)22-14-20(19(24)25)9-11-27-12-10-20/h5-6,13H,3-4,7-12,14H2,1-2H3,(H,22,23)(H,24,25). The van der Waals surface area contributed by atoms with Crippen molar-refractivity contribution in [1.29, 1.82) is 0 Å². The number of aryl methyl sites for hydroxylation is 1. The van der Waals surface area contributed by atoms with Crippen molar-refractivity contribution in [2.75, 3.05) is 26.9 Å². The molecule has 1 amide bonds. The van der Waals surface area contributed by atoms with E-state index in [9.17, 15) is 14.7 Å². The molecule has 0 bridgehead atoms. The summed E-state index contributed by atoms with van der Waals surface area (Å²) in [7, 11) is 1.63. The molecule has 1 aromatic carbocycles. The Morgan fingerprint density at radius 1 is 1.19 bits per heavy atom. The minimum absolute atomic E-state index is 0.0713. The van der Waals surface area contributed by atoms with Gasteiger partial charge < -0.3 is 19.9 Å². The van der Waals surface area contributed by atoms with Gasteiger partial charge in [0.15, 0.2) is 0 Å². The molecule has 1 heterocycles. The molecule has 1 aliphatic carbocycles. The average Bonchev–Trinajstić information content (AvgIpc) is 3.18. The molecule has 0 atom stereocenters. The second-order valence-electron chi connectivity index (χ2n) is 7.85. The van der Waals surface area contributed by atoms with E-state index in [0.717, 1.165) is 42.6 Å². The van der Waals surface area contributed by atoms with E-state index in [1.54, 1.807) is 7.11 Å². The monoisotopic (exact) mass is 375 g/mol. The molecule has 6 heteroatoms. The van der Waals surface area contributed by atoms with Gasteiger partial charge in [0, 0.05) is 19.8 Å². The molecule has 27 heavy (non-hydrogen) atoms. The number of methoxy groups -OCH3 is 1. The van der Waals surface area contributed by atoms with E-state index in [-0.39, 0.29) is 12.5 Å². The third-order valence-corrected chi connectivity index (χ3v) is 6.34. The summed E-state index contributed by atoms with van der Waals surface area (Å²) < 4.78 is 10.8. The maximum Gasteiger partial charge on any atom is 0.311 e. The van der Waals surface area contributed by atoms with E-state index in [0.29, 0.717) is 26.1 Å². The molecule has 148 valence electrons. The molecule has 0 unspecified atom stereocenters. The SMILES string of the molecule is COc1cc(C2(C(=O)NCC3(C(=O)O)CCOCC3)CCCC2)ccc1C. The minimum Gasteiger partial charge on any atom is -0.496 e. The smallest absolute Gasteiger partial charge is 0.311 e. The van der Waals surface area contributed by atoms with Crippen molar-refractivity contribution in [3.05, 3.63) is 29.3 Å². The Hall–Kier alpha value is -2.08. The van der Waals surface area contributed by atoms with Crippen LogP contribution in [-0.2, 0) is 19.7 Å². The molecule has 0 aromatic heterocycles. The van der Waals surface area contributed by atoms with Crippen LogP contribution in [-0.4, -0.2) is 43.9 Å². The number of carboxylic acids is 1. The van der Waals surface area contributed by atoms with Gasteiger partial charge in [0.1, 0.15) is 5.75 Å². The summed E-state index contributed by atoms with van der Waals surface area (Å²) in [6.07, 6.45) is 4.37. The maximum absolute atomic E-state index is 13.3. The van der Waals surface area contributed by atoms with E-state index < -0.39 is 16.8 Å². The molecular formula is C21H29NO5. The van der Waals surface area contributed by atoms with Crippen LogP contribution < -0.4 is 10.1 Å². The van der Waals surface area contributed by atoms with Gasteiger partial charge in [0.05, 0.1) is 17.9 Å². The molecule has 1 aromatic rings. The predicted octanol–water partition coefficient (Wildman–Crippen LogP) is 2.81. The van der Waals surface area contributed by atoms with Crippen molar-refractivity contribution in [2.24, 2.45) is 5.41 Å². The maximum atomic E-state index is 13.3. The zero-order valence-corrected chi connectivity index (χ0v) is 16.2. The first-order valence-electron chi connectivity index (χ1n) is 9.68. The number of rotatable bonds is 6. The zero-order valence-electron chi connectivity index (χ0n) is 16.2. The van der Waals surface area contributed by atoms with Crippen LogP contribution in [0.5, 0.6) is 5.75 Å². The number of nitrogens with one attached hydrogen (secondary N) is 1. The van der Waals surface area contributed by atoms with Crippen LogP contribution in [0.4, 0.5) is 0 Å². The molecule has 1 aliphatic heterocycles. The van der Waals surface area contributed by atoms with Gasteiger partial charge in [-0.15, -0.1) is 0 Å². The molecule has 0 spiro atoms. The number of hydrogen-bond acceptors (Lipinski definition) is 4. The van der Waals surface area contributed by atoms with Crippen LogP contribution in [0.3, 0.4) is 0 Å². The summed E-state index contributed by atoms with van der Waals surface area (Å²) in [6.45, 7) is 2.96. The average molecular weight is 375 g/mol. The molecule has 2 N–H and O–H groups in total. The highest BCUT2D eigenvalue weighted by Crippen LogP contribution is 2.43. The van der Waals surface area contributed by atoms with E-state index >= 15 is 0 Å². The molecular weight excluding hydrogens is 346 g/mol. The highest BCUT2D eigenvalue weighted by Gasteiger charge is 2.45. The third kappa shape index (κ3) is 3.68. The quantitative estimate of drug-likeness (QED) is 0.799. The van der Waals surface area contributed by atoms with E-state index in [1.165, 1.54) is 0 Å². The summed E-state index contributed by atoms with van der Waals surface area (Å²) in [5.41, 5.74) is 0.447. The van der Waals surface area contributed by atoms with Crippen LogP contribution in [0.15, 0.2) is 18.2 Å². The van der Waals surface area contributed by atoms with Crippen molar-refractivity contribution < 1.29 is 24.2 Å². The predicted molar refractivity (Wildman–Crippen MR) is 101 cm³/mol. The molecule has 6 nitrogen and oxygen atoms in total. The van der Waals surface area contributed by atoms with Crippen molar-refractivity contribution in [2.45, 2.75) is 50.9 Å². The Balaban J connectivity index is 1.82. The van der Waals surface area contributed by atoms with Crippen molar-refractivity contribution in [3.8, 4) is 5.75 Å². The number of amides is 1. The van der Waals surface area contributed by atoms with Crippen molar-refractivity contribution in [3.63, 3.8) is 0 Å². The van der Waals surface area contributed by atoms with E-state index in [2.05, 4.69) is 5.32 Å². The third-order valence-electron chi connectivity index (χ3n) is 6.34. The number of ether oxygens (including phenoxy) is 2. The molecule has 1 saturated carbocycles. The number of benzene rings is 1. The van der Waals surface area contributed by atoms with Crippen molar-refractivity contribution in [1.82, 2.24) is 5.32 Å². The number of hydrogen-bond donors (Lipinski definition) is 2. The molecule has 1 saturated heterocycles. The summed E-state index contributed by atoms with van der Waals surface area (Å²) in [5, 5.41) is 12.7. The lowest BCUT2D eigenvalue weighted by molar-refractivity contribution is -0.154.